The summed E-state index contributed by atoms with van der Waals surface area (Å²) in [4.78, 5) is 3.41. The number of aromatic amines is 1. The van der Waals surface area contributed by atoms with Crippen molar-refractivity contribution in [2.45, 2.75) is 26.7 Å². The molecule has 1 aromatic rings. The molecule has 0 bridgehead atoms. The lowest BCUT2D eigenvalue weighted by molar-refractivity contribution is 0.468. The maximum absolute atomic E-state index is 5.23. The van der Waals surface area contributed by atoms with Gasteiger partial charge in [0.2, 0.25) is 0 Å². The number of aryl methyl sites for hydroxylation is 1. The SMILES string of the molecule is Cc1[nH]c(=S)oc1C(C)C. The molecule has 3 heteroatoms. The summed E-state index contributed by atoms with van der Waals surface area (Å²) in [6.07, 6.45) is 0. The van der Waals surface area contributed by atoms with E-state index in [2.05, 4.69) is 18.8 Å². The highest BCUT2D eigenvalue weighted by molar-refractivity contribution is 7.71. The topological polar surface area (TPSA) is 28.9 Å². The normalized spacial score (nSPS) is 10.8. The average Bonchev–Trinajstić information content (AvgIpc) is 2.10. The van der Waals surface area contributed by atoms with Gasteiger partial charge in [0.05, 0.1) is 5.69 Å². The smallest absolute Gasteiger partial charge is 0.266 e. The Hall–Kier alpha value is -0.570. The number of nitrogens with one attached hydrogen (secondary N) is 1. The Kier molecular flexibility index (Phi) is 1.94. The first-order valence-corrected chi connectivity index (χ1v) is 3.71. The van der Waals surface area contributed by atoms with Crippen LogP contribution in [-0.4, -0.2) is 4.98 Å². The van der Waals surface area contributed by atoms with Gasteiger partial charge >= 0.3 is 0 Å². The standard InChI is InChI=1S/C7H11NOS/c1-4(2)6-5(3)8-7(10)9-6/h4H,1-3H3,(H,8,10). The molecule has 0 aliphatic carbocycles. The van der Waals surface area contributed by atoms with Crippen molar-refractivity contribution in [1.82, 2.24) is 4.98 Å². The molecule has 0 amide bonds. The van der Waals surface area contributed by atoms with Gasteiger partial charge in [-0.25, -0.2) is 0 Å². The van der Waals surface area contributed by atoms with Crippen LogP contribution in [0.5, 0.6) is 0 Å². The Bertz CT molecular complexity index is 271. The zero-order valence-corrected chi connectivity index (χ0v) is 7.21. The van der Waals surface area contributed by atoms with E-state index in [0.29, 0.717) is 10.8 Å². The van der Waals surface area contributed by atoms with Gasteiger partial charge < -0.3 is 9.40 Å². The first-order valence-electron chi connectivity index (χ1n) is 3.31. The van der Waals surface area contributed by atoms with E-state index < -0.39 is 0 Å². The minimum Gasteiger partial charge on any atom is -0.434 e. The minimum atomic E-state index is 0.410. The summed E-state index contributed by atoms with van der Waals surface area (Å²) in [7, 11) is 0. The van der Waals surface area contributed by atoms with Gasteiger partial charge in [0.1, 0.15) is 5.76 Å². The van der Waals surface area contributed by atoms with E-state index in [1.54, 1.807) is 0 Å². The Labute approximate surface area is 65.3 Å². The summed E-state index contributed by atoms with van der Waals surface area (Å²) in [5.74, 6) is 1.37. The van der Waals surface area contributed by atoms with Crippen LogP contribution >= 0.6 is 12.2 Å². The number of oxazole rings is 1. The van der Waals surface area contributed by atoms with Crippen molar-refractivity contribution >= 4 is 12.2 Å². The van der Waals surface area contributed by atoms with Crippen LogP contribution in [0.3, 0.4) is 0 Å². The number of rotatable bonds is 1. The van der Waals surface area contributed by atoms with Crippen LogP contribution in [0.15, 0.2) is 4.42 Å². The third-order valence-electron chi connectivity index (χ3n) is 1.39. The third kappa shape index (κ3) is 1.29. The first kappa shape index (κ1) is 7.54. The van der Waals surface area contributed by atoms with Gasteiger partial charge in [-0.3, -0.25) is 0 Å². The van der Waals surface area contributed by atoms with Gasteiger partial charge in [-0.05, 0) is 19.1 Å². The van der Waals surface area contributed by atoms with Crippen molar-refractivity contribution in [3.8, 4) is 0 Å². The van der Waals surface area contributed by atoms with Crippen LogP contribution < -0.4 is 0 Å². The monoisotopic (exact) mass is 157 g/mol. The molecule has 0 unspecified atom stereocenters. The molecule has 0 saturated carbocycles. The maximum atomic E-state index is 5.23. The molecule has 56 valence electrons. The quantitative estimate of drug-likeness (QED) is 0.635. The van der Waals surface area contributed by atoms with E-state index in [4.69, 9.17) is 16.6 Å². The summed E-state index contributed by atoms with van der Waals surface area (Å²) in [5, 5.41) is 0. The molecule has 0 atom stereocenters. The highest BCUT2D eigenvalue weighted by atomic mass is 32.1. The number of hydrogen-bond acceptors (Lipinski definition) is 2. The molecular weight excluding hydrogens is 146 g/mol. The molecule has 2 nitrogen and oxygen atoms in total. The summed E-state index contributed by atoms with van der Waals surface area (Å²) >= 11 is 4.82. The van der Waals surface area contributed by atoms with E-state index in [1.165, 1.54) is 0 Å². The van der Waals surface area contributed by atoms with E-state index >= 15 is 0 Å². The molecule has 1 heterocycles. The molecule has 10 heavy (non-hydrogen) atoms. The Balaban J connectivity index is 3.15. The second-order valence-electron chi connectivity index (χ2n) is 2.66. The fourth-order valence-electron chi connectivity index (χ4n) is 0.967. The highest BCUT2D eigenvalue weighted by Crippen LogP contribution is 2.17. The zero-order chi connectivity index (χ0) is 7.72. The van der Waals surface area contributed by atoms with E-state index in [9.17, 15) is 0 Å². The second kappa shape index (κ2) is 2.58. The number of H-pyrrole nitrogens is 1. The number of hydrogen-bond donors (Lipinski definition) is 1. The Morgan fingerprint density at radius 3 is 2.30 bits per heavy atom. The third-order valence-corrected chi connectivity index (χ3v) is 1.57. The first-order chi connectivity index (χ1) is 4.61. The molecule has 1 aromatic heterocycles. The lowest BCUT2D eigenvalue weighted by atomic mass is 10.1. The predicted molar refractivity (Wildman–Crippen MR) is 42.7 cm³/mol. The largest absolute Gasteiger partial charge is 0.434 e. The Morgan fingerprint density at radius 1 is 1.50 bits per heavy atom. The van der Waals surface area contributed by atoms with Crippen molar-refractivity contribution in [2.75, 3.05) is 0 Å². The van der Waals surface area contributed by atoms with Gasteiger partial charge in [-0.2, -0.15) is 0 Å². The van der Waals surface area contributed by atoms with Crippen LogP contribution in [0.4, 0.5) is 0 Å². The van der Waals surface area contributed by atoms with Crippen molar-refractivity contribution in [3.05, 3.63) is 16.3 Å². The summed E-state index contributed by atoms with van der Waals surface area (Å²) in [6, 6.07) is 0. The van der Waals surface area contributed by atoms with E-state index in [-0.39, 0.29) is 0 Å². The second-order valence-corrected chi connectivity index (χ2v) is 3.03. The van der Waals surface area contributed by atoms with Gasteiger partial charge in [0, 0.05) is 5.92 Å². The minimum absolute atomic E-state index is 0.410. The molecular formula is C7H11NOS. The summed E-state index contributed by atoms with van der Waals surface area (Å²) in [5.41, 5.74) is 1.04. The van der Waals surface area contributed by atoms with Gasteiger partial charge in [-0.1, -0.05) is 13.8 Å². The lowest BCUT2D eigenvalue weighted by Gasteiger charge is -1.97. The summed E-state index contributed by atoms with van der Waals surface area (Å²) in [6.45, 7) is 6.12. The fourth-order valence-corrected chi connectivity index (χ4v) is 1.21. The molecule has 0 aliphatic heterocycles. The zero-order valence-electron chi connectivity index (χ0n) is 6.39. The van der Waals surface area contributed by atoms with Crippen LogP contribution in [0.1, 0.15) is 31.2 Å². The molecule has 0 radical (unpaired) electrons. The molecule has 0 spiro atoms. The van der Waals surface area contributed by atoms with Crippen molar-refractivity contribution in [2.24, 2.45) is 0 Å². The average molecular weight is 157 g/mol. The van der Waals surface area contributed by atoms with Gasteiger partial charge in [-0.15, -0.1) is 0 Å². The fraction of sp³-hybridized carbons (Fsp3) is 0.571. The summed E-state index contributed by atoms with van der Waals surface area (Å²) < 4.78 is 5.23. The number of aromatic nitrogens is 1. The predicted octanol–water partition coefficient (Wildman–Crippen LogP) is 2.77. The molecule has 1 rings (SSSR count). The van der Waals surface area contributed by atoms with Gasteiger partial charge in [0.25, 0.3) is 4.84 Å². The van der Waals surface area contributed by atoms with Gasteiger partial charge in [0.15, 0.2) is 0 Å². The molecule has 0 fully saturated rings. The molecule has 0 aromatic carbocycles. The van der Waals surface area contributed by atoms with Crippen LogP contribution in [0, 0.1) is 11.8 Å². The highest BCUT2D eigenvalue weighted by Gasteiger charge is 2.06. The van der Waals surface area contributed by atoms with Crippen molar-refractivity contribution in [3.63, 3.8) is 0 Å². The van der Waals surface area contributed by atoms with Crippen LogP contribution in [-0.2, 0) is 0 Å². The maximum Gasteiger partial charge on any atom is 0.266 e. The van der Waals surface area contributed by atoms with E-state index in [0.717, 1.165) is 11.5 Å². The Morgan fingerprint density at radius 2 is 2.10 bits per heavy atom. The van der Waals surface area contributed by atoms with Crippen LogP contribution in [0.25, 0.3) is 0 Å². The molecule has 0 aliphatic rings. The lowest BCUT2D eigenvalue weighted by Crippen LogP contribution is -1.86. The van der Waals surface area contributed by atoms with Crippen LogP contribution in [0.2, 0.25) is 0 Å². The van der Waals surface area contributed by atoms with Crippen molar-refractivity contribution < 1.29 is 4.42 Å². The van der Waals surface area contributed by atoms with E-state index in [1.807, 2.05) is 6.92 Å². The molecule has 0 saturated heterocycles. The van der Waals surface area contributed by atoms with Crippen molar-refractivity contribution in [1.29, 1.82) is 0 Å². The molecule has 1 N–H and O–H groups in total.